The first-order chi connectivity index (χ1) is 17.0. The number of fused-ring (bicyclic) bond motifs is 1. The van der Waals surface area contributed by atoms with Gasteiger partial charge in [0, 0.05) is 6.54 Å². The monoisotopic (exact) mass is 474 g/mol. The highest BCUT2D eigenvalue weighted by Crippen LogP contribution is 2.48. The van der Waals surface area contributed by atoms with Crippen molar-refractivity contribution in [2.75, 3.05) is 14.2 Å². The lowest BCUT2D eigenvalue weighted by Gasteiger charge is -2.28. The molecule has 3 aromatic rings. The number of carbonyl (C=O) groups is 2. The maximum atomic E-state index is 13.6. The van der Waals surface area contributed by atoms with E-state index in [2.05, 4.69) is 0 Å². The number of methoxy groups -OCH3 is 2. The summed E-state index contributed by atoms with van der Waals surface area (Å²) in [6, 6.07) is 21.8. The van der Waals surface area contributed by atoms with Crippen LogP contribution in [0.4, 0.5) is 0 Å². The Labute approximate surface area is 203 Å². The van der Waals surface area contributed by atoms with Crippen LogP contribution in [0.5, 0.6) is 17.2 Å². The van der Waals surface area contributed by atoms with Crippen LogP contribution in [0.2, 0.25) is 0 Å². The Morgan fingerprint density at radius 1 is 0.829 bits per heavy atom. The maximum Gasteiger partial charge on any atom is 0.261 e. The number of hydroxylamine groups is 2. The molecule has 2 fully saturated rings. The number of ether oxygens (including phenoxy) is 2. The van der Waals surface area contributed by atoms with Crippen LogP contribution >= 0.6 is 0 Å². The van der Waals surface area contributed by atoms with Crippen molar-refractivity contribution in [1.82, 2.24) is 9.96 Å². The third kappa shape index (κ3) is 4.11. The van der Waals surface area contributed by atoms with Crippen molar-refractivity contribution >= 4 is 11.8 Å². The molecule has 35 heavy (non-hydrogen) atoms. The molecule has 3 atom stereocenters. The number of phenols is 1. The highest BCUT2D eigenvalue weighted by atomic mass is 16.7. The minimum atomic E-state index is -0.939. The lowest BCUT2D eigenvalue weighted by Crippen LogP contribution is -2.36. The van der Waals surface area contributed by atoms with Gasteiger partial charge in [-0.2, -0.15) is 5.06 Å². The highest BCUT2D eigenvalue weighted by Gasteiger charge is 2.59. The normalized spacial score (nSPS) is 21.9. The zero-order valence-electron chi connectivity index (χ0n) is 19.5. The molecule has 0 saturated carbocycles. The average molecular weight is 475 g/mol. The molecule has 1 N–H and O–H groups in total. The standard InChI is InChI=1S/C27H26N2O6/c1-33-20-13-19(14-21(34-2)24(20)30)23-22-25(35-29(23)16-18-11-7-4-8-12-18)27(32)28(26(22)31)15-17-9-5-3-6-10-17/h3-14,22-23,25,30H,15-16H2,1-2H3. The van der Waals surface area contributed by atoms with E-state index in [1.807, 2.05) is 60.7 Å². The number of rotatable bonds is 7. The van der Waals surface area contributed by atoms with E-state index in [0.29, 0.717) is 12.1 Å². The Morgan fingerprint density at radius 3 is 1.91 bits per heavy atom. The summed E-state index contributed by atoms with van der Waals surface area (Å²) in [5, 5.41) is 12.1. The molecule has 2 aliphatic rings. The van der Waals surface area contributed by atoms with Crippen molar-refractivity contribution in [2.45, 2.75) is 25.2 Å². The van der Waals surface area contributed by atoms with Crippen molar-refractivity contribution in [3.05, 3.63) is 89.5 Å². The number of nitrogens with zero attached hydrogens (tertiary/aromatic N) is 2. The minimum absolute atomic E-state index is 0.136. The molecular formula is C27H26N2O6. The predicted molar refractivity (Wildman–Crippen MR) is 126 cm³/mol. The summed E-state index contributed by atoms with van der Waals surface area (Å²) < 4.78 is 10.7. The van der Waals surface area contributed by atoms with E-state index in [0.717, 1.165) is 11.1 Å². The summed E-state index contributed by atoms with van der Waals surface area (Å²) in [4.78, 5) is 34.4. The van der Waals surface area contributed by atoms with Gasteiger partial charge in [0.15, 0.2) is 17.6 Å². The van der Waals surface area contributed by atoms with Crippen LogP contribution in [-0.2, 0) is 27.5 Å². The largest absolute Gasteiger partial charge is 0.502 e. The number of phenolic OH excluding ortho intramolecular Hbond substituents is 1. The van der Waals surface area contributed by atoms with Gasteiger partial charge in [-0.3, -0.25) is 19.3 Å². The molecule has 2 saturated heterocycles. The Balaban J connectivity index is 1.54. The fourth-order valence-corrected chi connectivity index (χ4v) is 4.81. The first kappa shape index (κ1) is 22.9. The van der Waals surface area contributed by atoms with Gasteiger partial charge in [-0.1, -0.05) is 60.7 Å². The van der Waals surface area contributed by atoms with E-state index in [9.17, 15) is 14.7 Å². The number of carbonyl (C=O) groups excluding carboxylic acids is 2. The van der Waals surface area contributed by atoms with E-state index in [-0.39, 0.29) is 35.6 Å². The van der Waals surface area contributed by atoms with Gasteiger partial charge in [-0.25, -0.2) is 0 Å². The topological polar surface area (TPSA) is 88.5 Å². The Hall–Kier alpha value is -3.88. The molecule has 180 valence electrons. The molecule has 5 rings (SSSR count). The number of imide groups is 1. The van der Waals surface area contributed by atoms with Gasteiger partial charge < -0.3 is 14.6 Å². The van der Waals surface area contributed by atoms with Crippen LogP contribution in [0.3, 0.4) is 0 Å². The van der Waals surface area contributed by atoms with E-state index in [4.69, 9.17) is 14.3 Å². The molecule has 8 heteroatoms. The number of aromatic hydroxyl groups is 1. The first-order valence-electron chi connectivity index (χ1n) is 11.3. The summed E-state index contributed by atoms with van der Waals surface area (Å²) in [5.41, 5.74) is 2.47. The quantitative estimate of drug-likeness (QED) is 0.525. The smallest absolute Gasteiger partial charge is 0.261 e. The van der Waals surface area contributed by atoms with Gasteiger partial charge in [0.05, 0.1) is 32.7 Å². The van der Waals surface area contributed by atoms with Crippen molar-refractivity contribution in [3.8, 4) is 17.2 Å². The molecule has 0 aromatic heterocycles. The summed E-state index contributed by atoms with van der Waals surface area (Å²) in [7, 11) is 2.89. The molecule has 0 bridgehead atoms. The third-order valence-electron chi connectivity index (χ3n) is 6.49. The van der Waals surface area contributed by atoms with Crippen LogP contribution in [0.15, 0.2) is 72.8 Å². The zero-order valence-corrected chi connectivity index (χ0v) is 19.5. The number of amides is 2. The van der Waals surface area contributed by atoms with Crippen molar-refractivity contribution in [2.24, 2.45) is 5.92 Å². The third-order valence-corrected chi connectivity index (χ3v) is 6.49. The molecule has 2 heterocycles. The molecule has 2 amide bonds. The SMILES string of the molecule is COc1cc(C2C3C(=O)N(Cc4ccccc4)C(=O)C3ON2Cc2ccccc2)cc(OC)c1O. The number of hydrogen-bond acceptors (Lipinski definition) is 7. The Kier molecular flexibility index (Phi) is 6.15. The first-order valence-corrected chi connectivity index (χ1v) is 11.3. The Bertz CT molecular complexity index is 1210. The van der Waals surface area contributed by atoms with E-state index in [1.165, 1.54) is 19.1 Å². The second-order valence-corrected chi connectivity index (χ2v) is 8.58. The van der Waals surface area contributed by atoms with Gasteiger partial charge in [0.25, 0.3) is 5.91 Å². The van der Waals surface area contributed by atoms with Crippen LogP contribution in [0, 0.1) is 5.92 Å². The lowest BCUT2D eigenvalue weighted by molar-refractivity contribution is -0.184. The number of likely N-dealkylation sites (tertiary alicyclic amines) is 1. The van der Waals surface area contributed by atoms with Gasteiger partial charge in [0.1, 0.15) is 0 Å². The van der Waals surface area contributed by atoms with E-state index >= 15 is 0 Å². The molecule has 0 radical (unpaired) electrons. The Morgan fingerprint density at radius 2 is 1.37 bits per heavy atom. The summed E-state index contributed by atoms with van der Waals surface area (Å²) in [5.74, 6) is -1.13. The van der Waals surface area contributed by atoms with Gasteiger partial charge in [0.2, 0.25) is 11.7 Å². The van der Waals surface area contributed by atoms with Crippen LogP contribution in [0.1, 0.15) is 22.7 Å². The summed E-state index contributed by atoms with van der Waals surface area (Å²) in [6.07, 6.45) is -0.939. The number of hydrogen-bond donors (Lipinski definition) is 1. The minimum Gasteiger partial charge on any atom is -0.502 e. The molecule has 8 nitrogen and oxygen atoms in total. The molecule has 2 aliphatic heterocycles. The van der Waals surface area contributed by atoms with E-state index in [1.54, 1.807) is 17.2 Å². The highest BCUT2D eigenvalue weighted by molar-refractivity contribution is 6.07. The zero-order chi connectivity index (χ0) is 24.5. The second-order valence-electron chi connectivity index (χ2n) is 8.58. The van der Waals surface area contributed by atoms with Crippen molar-refractivity contribution < 1.29 is 29.0 Å². The summed E-state index contributed by atoms with van der Waals surface area (Å²) >= 11 is 0. The summed E-state index contributed by atoms with van der Waals surface area (Å²) in [6.45, 7) is 0.547. The average Bonchev–Trinajstić information content (AvgIpc) is 3.36. The fourth-order valence-electron chi connectivity index (χ4n) is 4.81. The molecule has 3 unspecified atom stereocenters. The molecule has 0 spiro atoms. The van der Waals surface area contributed by atoms with Crippen LogP contribution < -0.4 is 9.47 Å². The lowest BCUT2D eigenvalue weighted by atomic mass is 9.90. The van der Waals surface area contributed by atoms with Crippen molar-refractivity contribution in [3.63, 3.8) is 0 Å². The maximum absolute atomic E-state index is 13.6. The van der Waals surface area contributed by atoms with E-state index < -0.39 is 18.1 Å². The molecule has 0 aliphatic carbocycles. The van der Waals surface area contributed by atoms with Crippen LogP contribution in [0.25, 0.3) is 0 Å². The predicted octanol–water partition coefficient (Wildman–Crippen LogP) is 3.45. The number of benzene rings is 3. The van der Waals surface area contributed by atoms with Crippen molar-refractivity contribution in [1.29, 1.82) is 0 Å². The molecular weight excluding hydrogens is 448 g/mol. The van der Waals surface area contributed by atoms with Gasteiger partial charge in [-0.05, 0) is 28.8 Å². The fraction of sp³-hybridized carbons (Fsp3) is 0.259. The van der Waals surface area contributed by atoms with Gasteiger partial charge in [-0.15, -0.1) is 0 Å². The second kappa shape index (κ2) is 9.40. The van der Waals surface area contributed by atoms with Gasteiger partial charge >= 0.3 is 0 Å². The van der Waals surface area contributed by atoms with Crippen LogP contribution in [-0.4, -0.2) is 47.2 Å². The molecule has 3 aromatic carbocycles.